The zero-order valence-electron chi connectivity index (χ0n) is 20.5. The van der Waals surface area contributed by atoms with E-state index in [1.54, 1.807) is 11.0 Å². The molecule has 0 spiro atoms. The Morgan fingerprint density at radius 3 is 2.62 bits per heavy atom. The molecule has 2 heterocycles. The number of benzene rings is 3. The molecule has 0 bridgehead atoms. The van der Waals surface area contributed by atoms with Gasteiger partial charge in [0.2, 0.25) is 0 Å². The second-order valence-corrected chi connectivity index (χ2v) is 9.01. The molecule has 9 heteroatoms. The number of methoxy groups -OCH3 is 1. The average Bonchev–Trinajstić information content (AvgIpc) is 3.34. The van der Waals surface area contributed by atoms with Crippen molar-refractivity contribution >= 4 is 34.2 Å². The van der Waals surface area contributed by atoms with E-state index in [1.165, 1.54) is 36.2 Å². The molecule has 0 saturated carbocycles. The van der Waals surface area contributed by atoms with Crippen LogP contribution in [0.1, 0.15) is 40.6 Å². The standard InChI is InChI=1S/C28H27N5O4/c1-17(18-6-4-3-5-7-18)31-25(27(35)32-13-12-19-14-21(29)9-11-24(19)32)33-16-30-23-15-20(28(36)37-2)8-10-22(23)26(33)34/h3-11,14-17,25,31H,12-13,29H2,1-2H3. The van der Waals surface area contributed by atoms with Gasteiger partial charge in [0, 0.05) is 24.0 Å². The number of esters is 1. The number of nitrogens with zero attached hydrogens (tertiary/aromatic N) is 3. The largest absolute Gasteiger partial charge is 0.465 e. The summed E-state index contributed by atoms with van der Waals surface area (Å²) in [7, 11) is 1.29. The van der Waals surface area contributed by atoms with Crippen molar-refractivity contribution in [3.05, 3.63) is 100 Å². The lowest BCUT2D eigenvalue weighted by Crippen LogP contribution is -2.47. The number of carbonyl (C=O) groups excluding carboxylic acids is 2. The predicted octanol–water partition coefficient (Wildman–Crippen LogP) is 3.20. The Bertz CT molecular complexity index is 1550. The first-order valence-electron chi connectivity index (χ1n) is 12.0. The van der Waals surface area contributed by atoms with E-state index in [2.05, 4.69) is 10.3 Å². The normalized spacial score (nSPS) is 14.3. The van der Waals surface area contributed by atoms with E-state index in [0.717, 1.165) is 16.8 Å². The number of amides is 1. The molecule has 5 rings (SSSR count). The van der Waals surface area contributed by atoms with Gasteiger partial charge < -0.3 is 15.4 Å². The number of carbonyl (C=O) groups is 2. The van der Waals surface area contributed by atoms with Gasteiger partial charge in [-0.3, -0.25) is 19.5 Å². The van der Waals surface area contributed by atoms with Gasteiger partial charge in [-0.05, 0) is 60.9 Å². The maximum atomic E-state index is 14.0. The maximum absolute atomic E-state index is 14.0. The van der Waals surface area contributed by atoms with E-state index in [-0.39, 0.29) is 22.9 Å². The van der Waals surface area contributed by atoms with Crippen LogP contribution in [-0.4, -0.2) is 35.1 Å². The van der Waals surface area contributed by atoms with Crippen LogP contribution < -0.4 is 21.5 Å². The fourth-order valence-electron chi connectivity index (χ4n) is 4.71. The van der Waals surface area contributed by atoms with Gasteiger partial charge in [-0.15, -0.1) is 0 Å². The minimum atomic E-state index is -1.02. The number of nitrogens with one attached hydrogen (secondary N) is 1. The van der Waals surface area contributed by atoms with Crippen molar-refractivity contribution in [1.29, 1.82) is 0 Å². The number of anilines is 2. The van der Waals surface area contributed by atoms with Crippen molar-refractivity contribution in [2.24, 2.45) is 0 Å². The topological polar surface area (TPSA) is 120 Å². The summed E-state index contributed by atoms with van der Waals surface area (Å²) >= 11 is 0. The lowest BCUT2D eigenvalue weighted by Gasteiger charge is -2.29. The van der Waals surface area contributed by atoms with Crippen molar-refractivity contribution in [2.45, 2.75) is 25.6 Å². The highest BCUT2D eigenvalue weighted by molar-refractivity contribution is 5.98. The molecule has 0 saturated heterocycles. The van der Waals surface area contributed by atoms with Crippen LogP contribution in [0, 0.1) is 0 Å². The van der Waals surface area contributed by atoms with E-state index in [1.807, 2.05) is 49.4 Å². The quantitative estimate of drug-likeness (QED) is 0.310. The molecule has 0 radical (unpaired) electrons. The molecule has 37 heavy (non-hydrogen) atoms. The molecular formula is C28H27N5O4. The van der Waals surface area contributed by atoms with E-state index in [0.29, 0.717) is 24.2 Å². The summed E-state index contributed by atoms with van der Waals surface area (Å²) in [5.41, 5.74) is 9.56. The van der Waals surface area contributed by atoms with Gasteiger partial charge in [0.1, 0.15) is 0 Å². The van der Waals surface area contributed by atoms with Gasteiger partial charge >= 0.3 is 5.97 Å². The van der Waals surface area contributed by atoms with Crippen LogP contribution in [0.2, 0.25) is 0 Å². The summed E-state index contributed by atoms with van der Waals surface area (Å²) in [6.07, 6.45) is 0.996. The van der Waals surface area contributed by atoms with Gasteiger partial charge in [0.05, 0.1) is 29.9 Å². The first-order chi connectivity index (χ1) is 17.9. The molecular weight excluding hydrogens is 470 g/mol. The zero-order chi connectivity index (χ0) is 26.1. The SMILES string of the molecule is COC(=O)c1ccc2c(=O)n(C(NC(C)c3ccccc3)C(=O)N3CCc4cc(N)ccc43)cnc2c1. The van der Waals surface area contributed by atoms with Crippen LogP contribution >= 0.6 is 0 Å². The molecule has 1 aliphatic heterocycles. The Kier molecular flexibility index (Phi) is 6.45. The highest BCUT2D eigenvalue weighted by Gasteiger charge is 2.33. The summed E-state index contributed by atoms with van der Waals surface area (Å²) in [6, 6.07) is 19.5. The fraction of sp³-hybridized carbons (Fsp3) is 0.214. The molecule has 4 aromatic rings. The molecule has 0 fully saturated rings. The monoisotopic (exact) mass is 497 g/mol. The highest BCUT2D eigenvalue weighted by atomic mass is 16.5. The molecule has 3 aromatic carbocycles. The molecule has 0 aliphatic carbocycles. The third kappa shape index (κ3) is 4.56. The van der Waals surface area contributed by atoms with Gasteiger partial charge in [0.15, 0.2) is 6.17 Å². The highest BCUT2D eigenvalue weighted by Crippen LogP contribution is 2.31. The second kappa shape index (κ2) is 9.87. The van der Waals surface area contributed by atoms with Gasteiger partial charge in [-0.25, -0.2) is 9.78 Å². The van der Waals surface area contributed by atoms with Crippen molar-refractivity contribution in [3.8, 4) is 0 Å². The lowest BCUT2D eigenvalue weighted by atomic mass is 10.1. The molecule has 2 atom stereocenters. The third-order valence-electron chi connectivity index (χ3n) is 6.69. The Morgan fingerprint density at radius 2 is 1.86 bits per heavy atom. The molecule has 9 nitrogen and oxygen atoms in total. The number of nitrogens with two attached hydrogens (primary N) is 1. The number of hydrogen-bond acceptors (Lipinski definition) is 7. The third-order valence-corrected chi connectivity index (χ3v) is 6.69. The number of hydrogen-bond donors (Lipinski definition) is 2. The second-order valence-electron chi connectivity index (χ2n) is 9.01. The number of rotatable bonds is 6. The van der Waals surface area contributed by atoms with Crippen molar-refractivity contribution in [2.75, 3.05) is 24.3 Å². The smallest absolute Gasteiger partial charge is 0.337 e. The fourth-order valence-corrected chi connectivity index (χ4v) is 4.71. The number of fused-ring (bicyclic) bond motifs is 2. The number of nitrogen functional groups attached to an aromatic ring is 1. The van der Waals surface area contributed by atoms with Crippen molar-refractivity contribution in [3.63, 3.8) is 0 Å². The van der Waals surface area contributed by atoms with Crippen LogP contribution in [0.4, 0.5) is 11.4 Å². The molecule has 1 amide bonds. The summed E-state index contributed by atoms with van der Waals surface area (Å²) in [6.45, 7) is 2.42. The summed E-state index contributed by atoms with van der Waals surface area (Å²) in [4.78, 5) is 45.7. The molecule has 1 aliphatic rings. The van der Waals surface area contributed by atoms with Crippen LogP contribution in [0.25, 0.3) is 10.9 Å². The van der Waals surface area contributed by atoms with Crippen LogP contribution in [0.15, 0.2) is 77.9 Å². The molecule has 1 aromatic heterocycles. The summed E-state index contributed by atoms with van der Waals surface area (Å²) in [5.74, 6) is -0.798. The average molecular weight is 498 g/mol. The van der Waals surface area contributed by atoms with E-state index >= 15 is 0 Å². The molecule has 188 valence electrons. The van der Waals surface area contributed by atoms with Gasteiger partial charge in [-0.1, -0.05) is 30.3 Å². The number of ether oxygens (including phenoxy) is 1. The maximum Gasteiger partial charge on any atom is 0.337 e. The first kappa shape index (κ1) is 24.2. The number of aromatic nitrogens is 2. The lowest BCUT2D eigenvalue weighted by molar-refractivity contribution is -0.123. The summed E-state index contributed by atoms with van der Waals surface area (Å²) < 4.78 is 6.09. The minimum Gasteiger partial charge on any atom is -0.465 e. The first-order valence-corrected chi connectivity index (χ1v) is 12.0. The van der Waals surface area contributed by atoms with Gasteiger partial charge in [-0.2, -0.15) is 0 Å². The van der Waals surface area contributed by atoms with Crippen molar-refractivity contribution < 1.29 is 14.3 Å². The van der Waals surface area contributed by atoms with E-state index < -0.39 is 17.7 Å². The van der Waals surface area contributed by atoms with Crippen LogP contribution in [0.5, 0.6) is 0 Å². The minimum absolute atomic E-state index is 0.243. The van der Waals surface area contributed by atoms with Crippen LogP contribution in [0.3, 0.4) is 0 Å². The Hall–Kier alpha value is -4.50. The molecule has 2 unspecified atom stereocenters. The van der Waals surface area contributed by atoms with E-state index in [4.69, 9.17) is 10.5 Å². The van der Waals surface area contributed by atoms with E-state index in [9.17, 15) is 14.4 Å². The van der Waals surface area contributed by atoms with Crippen LogP contribution in [-0.2, 0) is 16.0 Å². The Labute approximate surface area is 213 Å². The van der Waals surface area contributed by atoms with Crippen molar-refractivity contribution in [1.82, 2.24) is 14.9 Å². The Morgan fingerprint density at radius 1 is 1.08 bits per heavy atom. The summed E-state index contributed by atoms with van der Waals surface area (Å²) in [5, 5.41) is 3.63. The Balaban J connectivity index is 1.57. The van der Waals surface area contributed by atoms with Gasteiger partial charge in [0.25, 0.3) is 11.5 Å². The zero-order valence-corrected chi connectivity index (χ0v) is 20.5. The molecule has 3 N–H and O–H groups in total. The predicted molar refractivity (Wildman–Crippen MR) is 141 cm³/mol.